The zero-order chi connectivity index (χ0) is 15.2. The minimum absolute atomic E-state index is 0.0141. The Bertz CT molecular complexity index is 600. The van der Waals surface area contributed by atoms with E-state index in [2.05, 4.69) is 12.1 Å². The molecule has 0 aliphatic carbocycles. The second kappa shape index (κ2) is 7.59. The molecule has 0 unspecified atom stereocenters. The molecular weight excluding hydrogens is 343 g/mol. The van der Waals surface area contributed by atoms with E-state index in [9.17, 15) is 4.79 Å². The van der Waals surface area contributed by atoms with E-state index in [4.69, 9.17) is 9.47 Å². The molecule has 1 aliphatic heterocycles. The Morgan fingerprint density at radius 3 is 2.45 bits per heavy atom. The van der Waals surface area contributed by atoms with Crippen molar-refractivity contribution >= 4 is 25.4 Å². The second-order valence-electron chi connectivity index (χ2n) is 5.21. The Hall–Kier alpha value is -1.61. The molecule has 2 aromatic carbocycles. The number of benzene rings is 2. The van der Waals surface area contributed by atoms with Crippen LogP contribution >= 0.6 is 0 Å². The minimum atomic E-state index is -0.105. The molecule has 0 N–H and O–H groups in total. The maximum absolute atomic E-state index is 12.0. The van der Waals surface area contributed by atoms with Gasteiger partial charge < -0.3 is 0 Å². The Morgan fingerprint density at radius 1 is 1.05 bits per heavy atom. The zero-order valence-corrected chi connectivity index (χ0v) is 13.9. The molecule has 114 valence electrons. The SMILES string of the molecule is O=C1O[C@@H](COCc2ccccc2)C[C@@H]1[Se]c1ccccc1. The van der Waals surface area contributed by atoms with Gasteiger partial charge in [-0.2, -0.15) is 0 Å². The third kappa shape index (κ3) is 4.20. The van der Waals surface area contributed by atoms with Crippen molar-refractivity contribution in [2.75, 3.05) is 6.61 Å². The molecule has 3 nitrogen and oxygen atoms in total. The predicted molar refractivity (Wildman–Crippen MR) is 86.2 cm³/mol. The van der Waals surface area contributed by atoms with Crippen molar-refractivity contribution in [1.29, 1.82) is 0 Å². The Balaban J connectivity index is 1.45. The fourth-order valence-electron chi connectivity index (χ4n) is 2.37. The molecule has 0 spiro atoms. The number of hydrogen-bond acceptors (Lipinski definition) is 3. The molecule has 1 fully saturated rings. The Kier molecular flexibility index (Phi) is 5.28. The summed E-state index contributed by atoms with van der Waals surface area (Å²) in [5.74, 6) is -0.0721. The molecule has 2 atom stereocenters. The third-order valence-corrected chi connectivity index (χ3v) is 6.01. The number of esters is 1. The number of ether oxygens (including phenoxy) is 2. The van der Waals surface area contributed by atoms with Gasteiger partial charge in [0.1, 0.15) is 0 Å². The summed E-state index contributed by atoms with van der Waals surface area (Å²) in [5.41, 5.74) is 1.14. The summed E-state index contributed by atoms with van der Waals surface area (Å²) >= 11 is 0.131. The van der Waals surface area contributed by atoms with E-state index in [-0.39, 0.29) is 31.8 Å². The Morgan fingerprint density at radius 2 is 1.73 bits per heavy atom. The van der Waals surface area contributed by atoms with Crippen LogP contribution in [0.25, 0.3) is 0 Å². The molecule has 22 heavy (non-hydrogen) atoms. The van der Waals surface area contributed by atoms with Gasteiger partial charge in [-0.15, -0.1) is 0 Å². The molecule has 2 aromatic rings. The van der Waals surface area contributed by atoms with Crippen LogP contribution in [0.1, 0.15) is 12.0 Å². The normalized spacial score (nSPS) is 20.8. The van der Waals surface area contributed by atoms with Gasteiger partial charge >= 0.3 is 136 Å². The molecule has 4 heteroatoms. The number of carbonyl (C=O) groups is 1. The first kappa shape index (κ1) is 15.3. The number of rotatable bonds is 6. The molecule has 3 rings (SSSR count). The summed E-state index contributed by atoms with van der Waals surface area (Å²) in [7, 11) is 0. The quantitative estimate of drug-likeness (QED) is 0.585. The van der Waals surface area contributed by atoms with E-state index in [1.54, 1.807) is 0 Å². The van der Waals surface area contributed by atoms with Crippen LogP contribution in [0, 0.1) is 0 Å². The van der Waals surface area contributed by atoms with Crippen molar-refractivity contribution in [2.24, 2.45) is 0 Å². The molecule has 0 radical (unpaired) electrons. The first-order chi connectivity index (χ1) is 10.8. The van der Waals surface area contributed by atoms with Gasteiger partial charge in [-0.05, 0) is 0 Å². The summed E-state index contributed by atoms with van der Waals surface area (Å²) in [6, 6.07) is 20.2. The van der Waals surface area contributed by atoms with Crippen molar-refractivity contribution in [2.45, 2.75) is 23.9 Å². The number of hydrogen-bond donors (Lipinski definition) is 0. The van der Waals surface area contributed by atoms with Gasteiger partial charge in [0.2, 0.25) is 0 Å². The van der Waals surface area contributed by atoms with E-state index < -0.39 is 0 Å². The van der Waals surface area contributed by atoms with E-state index in [0.29, 0.717) is 13.2 Å². The molecule has 0 saturated carbocycles. The summed E-state index contributed by atoms with van der Waals surface area (Å²) in [6.45, 7) is 1.03. The maximum atomic E-state index is 12.0. The van der Waals surface area contributed by atoms with Crippen LogP contribution in [-0.4, -0.2) is 33.6 Å². The summed E-state index contributed by atoms with van der Waals surface area (Å²) in [5, 5.41) is 0. The summed E-state index contributed by atoms with van der Waals surface area (Å²) < 4.78 is 12.4. The van der Waals surface area contributed by atoms with Crippen LogP contribution in [0.15, 0.2) is 60.7 Å². The van der Waals surface area contributed by atoms with Crippen LogP contribution in [0.3, 0.4) is 0 Å². The first-order valence-corrected chi connectivity index (χ1v) is 9.20. The summed E-state index contributed by atoms with van der Waals surface area (Å²) in [4.78, 5) is 12.0. The van der Waals surface area contributed by atoms with Crippen LogP contribution in [0.2, 0.25) is 4.82 Å². The van der Waals surface area contributed by atoms with Gasteiger partial charge in [0, 0.05) is 0 Å². The van der Waals surface area contributed by atoms with Gasteiger partial charge in [-0.1, -0.05) is 0 Å². The van der Waals surface area contributed by atoms with Gasteiger partial charge in [0.25, 0.3) is 0 Å². The van der Waals surface area contributed by atoms with Crippen molar-refractivity contribution in [3.8, 4) is 0 Å². The van der Waals surface area contributed by atoms with Crippen molar-refractivity contribution < 1.29 is 14.3 Å². The molecule has 0 aromatic heterocycles. The van der Waals surface area contributed by atoms with Crippen molar-refractivity contribution in [3.63, 3.8) is 0 Å². The van der Waals surface area contributed by atoms with E-state index in [1.165, 1.54) is 4.46 Å². The number of carbonyl (C=O) groups excluding carboxylic acids is 1. The van der Waals surface area contributed by atoms with Crippen molar-refractivity contribution in [3.05, 3.63) is 66.2 Å². The van der Waals surface area contributed by atoms with Gasteiger partial charge in [0.15, 0.2) is 0 Å². The fraction of sp³-hybridized carbons (Fsp3) is 0.278. The molecule has 0 amide bonds. The molecule has 1 heterocycles. The standard InChI is InChI=1S/C18H18O3Se/c19-18-17(22-16-9-5-2-6-10-16)11-15(21-18)13-20-12-14-7-3-1-4-8-14/h1-10,15,17H,11-13H2/t15-,17+/m1/s1. The van der Waals surface area contributed by atoms with Crippen LogP contribution in [0.5, 0.6) is 0 Å². The van der Waals surface area contributed by atoms with Gasteiger partial charge in [-0.3, -0.25) is 0 Å². The second-order valence-corrected chi connectivity index (χ2v) is 7.89. The van der Waals surface area contributed by atoms with Crippen LogP contribution in [0.4, 0.5) is 0 Å². The van der Waals surface area contributed by atoms with Crippen molar-refractivity contribution in [1.82, 2.24) is 0 Å². The zero-order valence-electron chi connectivity index (χ0n) is 12.2. The van der Waals surface area contributed by atoms with E-state index >= 15 is 0 Å². The average molecular weight is 361 g/mol. The van der Waals surface area contributed by atoms with Gasteiger partial charge in [0.05, 0.1) is 0 Å². The molecular formula is C18H18O3Se. The van der Waals surface area contributed by atoms with E-state index in [1.807, 2.05) is 48.5 Å². The first-order valence-electron chi connectivity index (χ1n) is 7.35. The number of cyclic esters (lactones) is 1. The van der Waals surface area contributed by atoms with Crippen LogP contribution < -0.4 is 4.46 Å². The van der Waals surface area contributed by atoms with Gasteiger partial charge in [-0.25, -0.2) is 0 Å². The molecule has 1 saturated heterocycles. The third-order valence-electron chi connectivity index (χ3n) is 3.46. The predicted octanol–water partition coefficient (Wildman–Crippen LogP) is 2.34. The summed E-state index contributed by atoms with van der Waals surface area (Å²) in [6.07, 6.45) is 0.662. The average Bonchev–Trinajstić information content (AvgIpc) is 2.89. The molecule has 0 bridgehead atoms. The monoisotopic (exact) mass is 362 g/mol. The Labute approximate surface area is 136 Å². The molecule has 1 aliphatic rings. The van der Waals surface area contributed by atoms with E-state index in [0.717, 1.165) is 12.0 Å². The fourth-order valence-corrected chi connectivity index (χ4v) is 4.69. The van der Waals surface area contributed by atoms with Crippen LogP contribution in [-0.2, 0) is 20.9 Å². The topological polar surface area (TPSA) is 35.5 Å².